The number of rotatable bonds is 5. The zero-order valence-electron chi connectivity index (χ0n) is 11.7. The van der Waals surface area contributed by atoms with E-state index in [4.69, 9.17) is 16.3 Å². The third-order valence-electron chi connectivity index (χ3n) is 2.44. The van der Waals surface area contributed by atoms with Crippen LogP contribution < -0.4 is 0 Å². The second kappa shape index (κ2) is 7.59. The van der Waals surface area contributed by atoms with Gasteiger partial charge in [-0.3, -0.25) is 4.79 Å². The molecule has 0 saturated heterocycles. The fourth-order valence-electron chi connectivity index (χ4n) is 1.31. The maximum atomic E-state index is 11.6. The highest BCUT2D eigenvalue weighted by molar-refractivity contribution is 6.30. The van der Waals surface area contributed by atoms with Gasteiger partial charge in [0, 0.05) is 10.6 Å². The van der Waals surface area contributed by atoms with Crippen LogP contribution in [0.2, 0.25) is 5.02 Å². The Balaban J connectivity index is 2.50. The number of halogens is 1. The minimum absolute atomic E-state index is 0.0793. The van der Waals surface area contributed by atoms with Gasteiger partial charge < -0.3 is 9.47 Å². The van der Waals surface area contributed by atoms with Crippen molar-refractivity contribution < 1.29 is 23.9 Å². The summed E-state index contributed by atoms with van der Waals surface area (Å²) >= 11 is 5.72. The van der Waals surface area contributed by atoms with Crippen molar-refractivity contribution in [3.63, 3.8) is 0 Å². The first kappa shape index (κ1) is 16.9. The quantitative estimate of drug-likeness (QED) is 0.474. The van der Waals surface area contributed by atoms with E-state index in [1.54, 1.807) is 24.3 Å². The minimum atomic E-state index is -1.18. The van der Waals surface area contributed by atoms with Gasteiger partial charge in [0.2, 0.25) is 0 Å². The smallest absolute Gasteiger partial charge is 0.354 e. The van der Waals surface area contributed by atoms with Crippen LogP contribution in [0.3, 0.4) is 0 Å². The Bertz CT molecular complexity index is 562. The average Bonchev–Trinajstić information content (AvgIpc) is 2.40. The lowest BCUT2D eigenvalue weighted by Gasteiger charge is -2.11. The molecule has 0 fully saturated rings. The summed E-state index contributed by atoms with van der Waals surface area (Å²) in [6.07, 6.45) is -1.26. The fraction of sp³-hybridized carbons (Fsp3) is 0.267. The molecule has 0 aliphatic heterocycles. The van der Waals surface area contributed by atoms with Crippen LogP contribution >= 0.6 is 11.6 Å². The molecule has 1 rings (SSSR count). The molecule has 1 aromatic carbocycles. The van der Waals surface area contributed by atoms with Crippen LogP contribution in [0.15, 0.2) is 36.4 Å². The zero-order valence-corrected chi connectivity index (χ0v) is 12.5. The number of hydrogen-bond acceptors (Lipinski definition) is 5. The predicted octanol–water partition coefficient (Wildman–Crippen LogP) is 2.46. The van der Waals surface area contributed by atoms with Crippen LogP contribution in [-0.4, -0.2) is 24.0 Å². The molecule has 5 nitrogen and oxygen atoms in total. The molecule has 0 spiro atoms. The summed E-state index contributed by atoms with van der Waals surface area (Å²) in [6, 6.07) is 6.56. The topological polar surface area (TPSA) is 69.7 Å². The normalized spacial score (nSPS) is 11.4. The van der Waals surface area contributed by atoms with E-state index in [-0.39, 0.29) is 12.0 Å². The number of benzene rings is 1. The first-order valence-corrected chi connectivity index (χ1v) is 6.53. The number of ether oxygens (including phenoxy) is 2. The highest BCUT2D eigenvalue weighted by Crippen LogP contribution is 2.10. The number of esters is 3. The maximum Gasteiger partial charge on any atom is 0.354 e. The Morgan fingerprint density at radius 2 is 1.81 bits per heavy atom. The van der Waals surface area contributed by atoms with Gasteiger partial charge >= 0.3 is 17.9 Å². The van der Waals surface area contributed by atoms with Crippen LogP contribution in [0.5, 0.6) is 0 Å². The van der Waals surface area contributed by atoms with E-state index in [1.165, 1.54) is 13.8 Å². The van der Waals surface area contributed by atoms with Crippen molar-refractivity contribution >= 4 is 29.5 Å². The molecule has 0 heterocycles. The molecule has 1 unspecified atom stereocenters. The van der Waals surface area contributed by atoms with Crippen molar-refractivity contribution in [2.24, 2.45) is 0 Å². The van der Waals surface area contributed by atoms with Gasteiger partial charge in [-0.15, -0.1) is 0 Å². The van der Waals surface area contributed by atoms with Crippen molar-refractivity contribution in [1.82, 2.24) is 0 Å². The molecule has 0 saturated carbocycles. The van der Waals surface area contributed by atoms with Gasteiger partial charge in [0.05, 0.1) is 6.42 Å². The molecule has 1 atom stereocenters. The molecule has 0 aliphatic rings. The largest absolute Gasteiger partial charge is 0.447 e. The maximum absolute atomic E-state index is 11.6. The molecule has 21 heavy (non-hydrogen) atoms. The van der Waals surface area contributed by atoms with Gasteiger partial charge in [0.1, 0.15) is 0 Å². The molecule has 0 bridgehead atoms. The molecule has 0 amide bonds. The second-order valence-electron chi connectivity index (χ2n) is 4.42. The monoisotopic (exact) mass is 310 g/mol. The van der Waals surface area contributed by atoms with Crippen LogP contribution in [0.1, 0.15) is 19.4 Å². The number of carbonyl (C=O) groups excluding carboxylic acids is 3. The zero-order chi connectivity index (χ0) is 16.0. The van der Waals surface area contributed by atoms with E-state index in [1.807, 2.05) is 0 Å². The Morgan fingerprint density at radius 1 is 1.24 bits per heavy atom. The first-order valence-electron chi connectivity index (χ1n) is 6.15. The lowest BCUT2D eigenvalue weighted by atomic mass is 10.1. The van der Waals surface area contributed by atoms with E-state index in [0.717, 1.165) is 0 Å². The van der Waals surface area contributed by atoms with Crippen LogP contribution in [0.25, 0.3) is 0 Å². The summed E-state index contributed by atoms with van der Waals surface area (Å²) in [7, 11) is 0. The molecular weight excluding hydrogens is 296 g/mol. The molecule has 112 valence electrons. The number of carbonyl (C=O) groups is 3. The van der Waals surface area contributed by atoms with E-state index in [9.17, 15) is 14.4 Å². The van der Waals surface area contributed by atoms with Gasteiger partial charge in [-0.25, -0.2) is 9.59 Å². The van der Waals surface area contributed by atoms with Crippen LogP contribution in [-0.2, 0) is 30.3 Å². The highest BCUT2D eigenvalue weighted by atomic mass is 35.5. The third-order valence-corrected chi connectivity index (χ3v) is 2.69. The summed E-state index contributed by atoms with van der Waals surface area (Å²) in [5.74, 6) is -2.38. The minimum Gasteiger partial charge on any atom is -0.447 e. The summed E-state index contributed by atoms with van der Waals surface area (Å²) in [5, 5.41) is 0.545. The van der Waals surface area contributed by atoms with Crippen molar-refractivity contribution in [2.75, 3.05) is 0 Å². The molecular formula is C15H15ClO5. The Hall–Kier alpha value is -2.14. The summed E-state index contributed by atoms with van der Waals surface area (Å²) in [6.45, 7) is 6.16. The molecule has 6 heteroatoms. The van der Waals surface area contributed by atoms with Gasteiger partial charge in [-0.2, -0.15) is 0 Å². The lowest BCUT2D eigenvalue weighted by molar-refractivity contribution is -0.171. The molecule has 1 aromatic rings. The first-order chi connectivity index (χ1) is 9.79. The fourth-order valence-corrected chi connectivity index (χ4v) is 1.44. The van der Waals surface area contributed by atoms with Gasteiger partial charge in [-0.1, -0.05) is 30.3 Å². The highest BCUT2D eigenvalue weighted by Gasteiger charge is 2.22. The van der Waals surface area contributed by atoms with E-state index < -0.39 is 24.0 Å². The van der Waals surface area contributed by atoms with Gasteiger partial charge in [0.25, 0.3) is 0 Å². The second-order valence-corrected chi connectivity index (χ2v) is 4.86. The van der Waals surface area contributed by atoms with Crippen molar-refractivity contribution in [3.05, 3.63) is 47.0 Å². The summed E-state index contributed by atoms with van der Waals surface area (Å²) in [5.41, 5.74) is 0.811. The Morgan fingerprint density at radius 3 is 2.33 bits per heavy atom. The molecule has 0 aliphatic carbocycles. The van der Waals surface area contributed by atoms with Gasteiger partial charge in [-0.05, 0) is 31.5 Å². The number of hydrogen-bond donors (Lipinski definition) is 0. The molecule has 0 radical (unpaired) electrons. The van der Waals surface area contributed by atoms with Gasteiger partial charge in [0.15, 0.2) is 6.10 Å². The van der Waals surface area contributed by atoms with Crippen molar-refractivity contribution in [3.8, 4) is 0 Å². The van der Waals surface area contributed by atoms with E-state index in [0.29, 0.717) is 10.6 Å². The van der Waals surface area contributed by atoms with E-state index in [2.05, 4.69) is 11.3 Å². The standard InChI is InChI=1S/C15H15ClO5/c1-9(2)14(18)20-10(3)15(19)21-13(17)8-11-4-6-12(16)7-5-11/h4-7,10H,1,8H2,2-3H3. The summed E-state index contributed by atoms with van der Waals surface area (Å²) < 4.78 is 9.37. The Labute approximate surface area is 127 Å². The average molecular weight is 311 g/mol. The molecule has 0 aromatic heterocycles. The van der Waals surface area contributed by atoms with Crippen molar-refractivity contribution in [1.29, 1.82) is 0 Å². The lowest BCUT2D eigenvalue weighted by Crippen LogP contribution is -2.29. The Kier molecular flexibility index (Phi) is 6.11. The summed E-state index contributed by atoms with van der Waals surface area (Å²) in [4.78, 5) is 34.4. The van der Waals surface area contributed by atoms with Crippen LogP contribution in [0, 0.1) is 0 Å². The predicted molar refractivity (Wildman–Crippen MR) is 76.6 cm³/mol. The van der Waals surface area contributed by atoms with Crippen LogP contribution in [0.4, 0.5) is 0 Å². The third kappa shape index (κ3) is 5.79. The van der Waals surface area contributed by atoms with Crippen molar-refractivity contribution in [2.45, 2.75) is 26.4 Å². The SMILES string of the molecule is C=C(C)C(=O)OC(C)C(=O)OC(=O)Cc1ccc(Cl)cc1. The van der Waals surface area contributed by atoms with E-state index >= 15 is 0 Å². The molecule has 0 N–H and O–H groups in total.